The van der Waals surface area contributed by atoms with Crippen molar-refractivity contribution >= 4 is 29.6 Å². The number of carboxylic acid groups (broad SMARTS) is 1. The summed E-state index contributed by atoms with van der Waals surface area (Å²) >= 11 is 0. The molecule has 1 heterocycles. The highest BCUT2D eigenvalue weighted by molar-refractivity contribution is 6.38. The van der Waals surface area contributed by atoms with Gasteiger partial charge < -0.3 is 26.0 Å². The fourth-order valence-electron chi connectivity index (χ4n) is 3.96. The van der Waals surface area contributed by atoms with Crippen molar-refractivity contribution in [3.05, 3.63) is 0 Å². The minimum atomic E-state index is -4.90. The lowest BCUT2D eigenvalue weighted by atomic mass is 9.98. The lowest BCUT2D eigenvalue weighted by Gasteiger charge is -2.33. The third-order valence-electron chi connectivity index (χ3n) is 6.19. The molecule has 16 heteroatoms. The molecule has 0 bridgehead atoms. The van der Waals surface area contributed by atoms with Gasteiger partial charge in [-0.15, -0.1) is 0 Å². The fraction of sp³-hybridized carbons (Fsp3) is 0.773. The monoisotopic (exact) mass is 560 g/mol. The van der Waals surface area contributed by atoms with Gasteiger partial charge >= 0.3 is 12.3 Å². The molecule has 2 aliphatic rings. The maximum atomic E-state index is 14.6. The molecule has 0 radical (unpaired) electrons. The number of nitrogens with zero attached hydrogens (tertiary/aromatic N) is 1. The van der Waals surface area contributed by atoms with Crippen LogP contribution in [-0.4, -0.2) is 88.1 Å². The number of nitrogens with one attached hydrogen (secondary N) is 3. The van der Waals surface area contributed by atoms with Gasteiger partial charge in [0.2, 0.25) is 23.5 Å². The summed E-state index contributed by atoms with van der Waals surface area (Å²) < 4.78 is 82.1. The zero-order valence-corrected chi connectivity index (χ0v) is 20.8. The Morgan fingerprint density at radius 2 is 1.55 bits per heavy atom. The van der Waals surface area contributed by atoms with Crippen molar-refractivity contribution in [1.82, 2.24) is 20.9 Å². The Morgan fingerprint density at radius 1 is 0.974 bits per heavy atom. The van der Waals surface area contributed by atoms with Crippen molar-refractivity contribution in [2.45, 2.75) is 94.8 Å². The van der Waals surface area contributed by atoms with Crippen LogP contribution in [0.3, 0.4) is 0 Å². The predicted molar refractivity (Wildman–Crippen MR) is 118 cm³/mol. The quantitative estimate of drug-likeness (QED) is 0.225. The van der Waals surface area contributed by atoms with Crippen LogP contribution in [0.2, 0.25) is 0 Å². The molecule has 0 aromatic heterocycles. The van der Waals surface area contributed by atoms with Crippen molar-refractivity contribution in [2.24, 2.45) is 5.92 Å². The van der Waals surface area contributed by atoms with Gasteiger partial charge in [-0.05, 0) is 46.5 Å². The van der Waals surface area contributed by atoms with E-state index in [9.17, 15) is 50.3 Å². The van der Waals surface area contributed by atoms with Crippen LogP contribution in [0.25, 0.3) is 0 Å². The fourth-order valence-corrected chi connectivity index (χ4v) is 3.96. The molecule has 1 saturated heterocycles. The molecule has 1 aliphatic heterocycles. The van der Waals surface area contributed by atoms with Gasteiger partial charge in [-0.25, -0.2) is 18.0 Å². The van der Waals surface area contributed by atoms with Gasteiger partial charge in [0, 0.05) is 19.0 Å². The first-order chi connectivity index (χ1) is 17.2. The van der Waals surface area contributed by atoms with Crippen molar-refractivity contribution in [1.29, 1.82) is 0 Å². The zero-order valence-electron chi connectivity index (χ0n) is 20.8. The topological polar surface area (TPSA) is 145 Å². The average Bonchev–Trinajstić information content (AvgIpc) is 3.43. The van der Waals surface area contributed by atoms with E-state index in [0.717, 1.165) is 13.8 Å². The van der Waals surface area contributed by atoms with Crippen molar-refractivity contribution in [3.8, 4) is 0 Å². The van der Waals surface area contributed by atoms with Gasteiger partial charge in [-0.3, -0.25) is 19.2 Å². The van der Waals surface area contributed by atoms with Gasteiger partial charge in [0.1, 0.15) is 17.8 Å². The van der Waals surface area contributed by atoms with Crippen molar-refractivity contribution in [2.75, 3.05) is 6.54 Å². The van der Waals surface area contributed by atoms with Crippen LogP contribution < -0.4 is 16.0 Å². The molecular formula is C22H30F6N4O6. The van der Waals surface area contributed by atoms with E-state index < -0.39 is 97.2 Å². The summed E-state index contributed by atoms with van der Waals surface area (Å²) in [5, 5.41) is 14.9. The summed E-state index contributed by atoms with van der Waals surface area (Å²) in [7, 11) is 0. The number of alkyl halides is 6. The van der Waals surface area contributed by atoms with E-state index in [-0.39, 0.29) is 6.04 Å². The van der Waals surface area contributed by atoms with Crippen LogP contribution in [0.15, 0.2) is 0 Å². The van der Waals surface area contributed by atoms with E-state index >= 15 is 0 Å². The van der Waals surface area contributed by atoms with Gasteiger partial charge in [0.05, 0.1) is 12.0 Å². The highest BCUT2D eigenvalue weighted by atomic mass is 19.4. The third kappa shape index (κ3) is 8.75. The molecule has 10 nitrogen and oxygen atoms in total. The summed E-state index contributed by atoms with van der Waals surface area (Å²) in [4.78, 5) is 62.3. The lowest BCUT2D eigenvalue weighted by Crippen LogP contribution is -2.60. The number of hydrogen-bond acceptors (Lipinski definition) is 5. The predicted octanol–water partition coefficient (Wildman–Crippen LogP) is 1.92. The Hall–Kier alpha value is -3.07. The smallest absolute Gasteiger partial charge is 0.405 e. The Labute approximate surface area is 213 Å². The number of likely N-dealkylation sites (tertiary alicyclic amines) is 1. The molecule has 2 fully saturated rings. The summed E-state index contributed by atoms with van der Waals surface area (Å²) in [6.07, 6.45) is -8.31. The molecular weight excluding hydrogens is 530 g/mol. The second-order valence-electron chi connectivity index (χ2n) is 10.2. The standard InChI is InChI=1S/C22H30F6N4O6/c1-20(2,23)15(31-19(37)38)18(36)32-9-10(22(26,27)28)8-13(32)16(34)30-12(6-7-21(3,24)25)14(33)17(35)29-11-4-5-11/h10-13,15,31H,4-9H2,1-3H3,(H,29,35)(H,30,34)(H,37,38)/t10-,12+,13+,15-/m1/s1. The van der Waals surface area contributed by atoms with Gasteiger partial charge in [0.25, 0.3) is 5.91 Å². The van der Waals surface area contributed by atoms with E-state index in [1.54, 1.807) is 5.32 Å². The van der Waals surface area contributed by atoms with Gasteiger partial charge in [-0.1, -0.05) is 0 Å². The number of Topliss-reactive ketones (excluding diaryl/α,β-unsaturated/α-hetero) is 1. The molecule has 0 spiro atoms. The second kappa shape index (κ2) is 11.4. The Kier molecular flexibility index (Phi) is 9.31. The van der Waals surface area contributed by atoms with Crippen LogP contribution in [0, 0.1) is 5.92 Å². The first-order valence-electron chi connectivity index (χ1n) is 11.8. The number of carbonyl (C=O) groups excluding carboxylic acids is 4. The molecule has 1 saturated carbocycles. The van der Waals surface area contributed by atoms with Crippen LogP contribution in [-0.2, 0) is 19.2 Å². The number of carbonyl (C=O) groups is 5. The minimum Gasteiger partial charge on any atom is -0.465 e. The lowest BCUT2D eigenvalue weighted by molar-refractivity contribution is -0.171. The molecule has 4 amide bonds. The first-order valence-corrected chi connectivity index (χ1v) is 11.8. The number of rotatable bonds is 11. The van der Waals surface area contributed by atoms with Gasteiger partial charge in [-0.2, -0.15) is 13.2 Å². The molecule has 0 aromatic carbocycles. The van der Waals surface area contributed by atoms with Gasteiger partial charge in [0.15, 0.2) is 0 Å². The number of amides is 4. The Balaban J connectivity index is 2.33. The Bertz CT molecular complexity index is 944. The second-order valence-corrected chi connectivity index (χ2v) is 10.2. The van der Waals surface area contributed by atoms with Crippen LogP contribution in [0.5, 0.6) is 0 Å². The van der Waals surface area contributed by atoms with E-state index in [4.69, 9.17) is 5.11 Å². The van der Waals surface area contributed by atoms with Crippen molar-refractivity contribution < 1.29 is 55.4 Å². The maximum Gasteiger partial charge on any atom is 0.405 e. The number of hydrogen-bond donors (Lipinski definition) is 4. The zero-order chi connectivity index (χ0) is 29.2. The van der Waals surface area contributed by atoms with Crippen molar-refractivity contribution in [3.63, 3.8) is 0 Å². The van der Waals surface area contributed by atoms with E-state index in [0.29, 0.717) is 24.7 Å². The molecule has 4 atom stereocenters. The highest BCUT2D eigenvalue weighted by Crippen LogP contribution is 2.37. The molecule has 0 unspecified atom stereocenters. The summed E-state index contributed by atoms with van der Waals surface area (Å²) in [6, 6.07) is -6.30. The normalized spacial score (nSPS) is 21.9. The molecule has 2 rings (SSSR count). The molecule has 0 aromatic rings. The van der Waals surface area contributed by atoms with E-state index in [1.165, 1.54) is 0 Å². The first kappa shape index (κ1) is 31.1. The minimum absolute atomic E-state index is 0.298. The van der Waals surface area contributed by atoms with Crippen LogP contribution in [0.1, 0.15) is 52.9 Å². The SMILES string of the molecule is CC(F)(F)CC[C@H](NC(=O)[C@@H]1C[C@@H](C(F)(F)F)CN1C(=O)[C@@H](NC(=O)O)C(C)(C)F)C(=O)C(=O)NC1CC1. The van der Waals surface area contributed by atoms with E-state index in [2.05, 4.69) is 5.32 Å². The average molecular weight is 560 g/mol. The highest BCUT2D eigenvalue weighted by Gasteiger charge is 2.53. The Morgan fingerprint density at radius 3 is 2.00 bits per heavy atom. The number of ketones is 1. The summed E-state index contributed by atoms with van der Waals surface area (Å²) in [5.74, 6) is -10.9. The van der Waals surface area contributed by atoms with Crippen LogP contribution >= 0.6 is 0 Å². The summed E-state index contributed by atoms with van der Waals surface area (Å²) in [6.45, 7) is 1.01. The van der Waals surface area contributed by atoms with E-state index in [1.807, 2.05) is 5.32 Å². The van der Waals surface area contributed by atoms with Crippen LogP contribution in [0.4, 0.5) is 31.1 Å². The third-order valence-corrected chi connectivity index (χ3v) is 6.19. The molecule has 216 valence electrons. The largest absolute Gasteiger partial charge is 0.465 e. The maximum absolute atomic E-state index is 14.6. The summed E-state index contributed by atoms with van der Waals surface area (Å²) in [5.41, 5.74) is -2.60. The molecule has 38 heavy (non-hydrogen) atoms. The molecule has 1 aliphatic carbocycles. The number of halogens is 6. The molecule has 4 N–H and O–H groups in total.